The van der Waals surface area contributed by atoms with Crippen molar-refractivity contribution in [2.24, 2.45) is 0 Å². The van der Waals surface area contributed by atoms with Crippen LogP contribution in [0.1, 0.15) is 53.3 Å². The van der Waals surface area contributed by atoms with Crippen molar-refractivity contribution in [3.63, 3.8) is 0 Å². The van der Waals surface area contributed by atoms with Gasteiger partial charge in [0.2, 0.25) is 0 Å². The Balaban J connectivity index is 1.21. The first kappa shape index (κ1) is 21.1. The molecule has 1 saturated heterocycles. The van der Waals surface area contributed by atoms with E-state index in [-0.39, 0.29) is 0 Å². The van der Waals surface area contributed by atoms with E-state index in [2.05, 4.69) is 52.5 Å². The normalized spacial score (nSPS) is 24.1. The van der Waals surface area contributed by atoms with Crippen molar-refractivity contribution in [1.82, 2.24) is 20.1 Å². The van der Waals surface area contributed by atoms with Crippen molar-refractivity contribution in [1.29, 1.82) is 0 Å². The van der Waals surface area contributed by atoms with Gasteiger partial charge >= 0.3 is 0 Å². The first-order chi connectivity index (χ1) is 15.3. The molecule has 1 fully saturated rings. The maximum absolute atomic E-state index is 5.53. The Bertz CT molecular complexity index is 879. The number of ether oxygens (including phenoxy) is 1. The van der Waals surface area contributed by atoms with Crippen molar-refractivity contribution >= 4 is 0 Å². The fourth-order valence-electron chi connectivity index (χ4n) is 5.57. The Morgan fingerprint density at radius 2 is 2.03 bits per heavy atom. The lowest BCUT2D eigenvalue weighted by Gasteiger charge is -2.35. The Morgan fingerprint density at radius 3 is 2.94 bits per heavy atom. The lowest BCUT2D eigenvalue weighted by Crippen LogP contribution is -2.40. The molecule has 0 bridgehead atoms. The Labute approximate surface area is 186 Å². The van der Waals surface area contributed by atoms with Crippen LogP contribution >= 0.6 is 0 Å². The number of nitrogens with zero attached hydrogens (tertiary/aromatic N) is 3. The molecule has 3 heterocycles. The lowest BCUT2D eigenvalue weighted by molar-refractivity contribution is 0.0340. The maximum Gasteiger partial charge on any atom is 0.0607 e. The second-order valence-corrected chi connectivity index (χ2v) is 9.45. The second-order valence-electron chi connectivity index (χ2n) is 9.45. The van der Waals surface area contributed by atoms with E-state index in [0.29, 0.717) is 12.1 Å². The average molecular weight is 421 g/mol. The van der Waals surface area contributed by atoms with E-state index in [1.807, 2.05) is 6.20 Å². The van der Waals surface area contributed by atoms with Crippen LogP contribution in [0.4, 0.5) is 0 Å². The second kappa shape index (κ2) is 9.78. The molecule has 2 aliphatic heterocycles. The maximum atomic E-state index is 5.53. The van der Waals surface area contributed by atoms with E-state index in [4.69, 9.17) is 9.72 Å². The quantitative estimate of drug-likeness (QED) is 0.776. The van der Waals surface area contributed by atoms with E-state index in [1.165, 1.54) is 48.1 Å². The van der Waals surface area contributed by atoms with Gasteiger partial charge in [0.25, 0.3) is 0 Å². The first-order valence-corrected chi connectivity index (χ1v) is 12.0. The number of benzene rings is 1. The molecule has 0 amide bonds. The van der Waals surface area contributed by atoms with Crippen LogP contribution in [-0.2, 0) is 30.7 Å². The predicted octanol–water partition coefficient (Wildman–Crippen LogP) is 3.33. The number of fused-ring (bicyclic) bond motifs is 2. The predicted molar refractivity (Wildman–Crippen MR) is 124 cm³/mol. The molecule has 166 valence electrons. The summed E-state index contributed by atoms with van der Waals surface area (Å²) in [4.78, 5) is 9.83. The minimum Gasteiger partial charge on any atom is -0.379 e. The Hall–Kier alpha value is -1.79. The highest BCUT2D eigenvalue weighted by molar-refractivity contribution is 5.37. The summed E-state index contributed by atoms with van der Waals surface area (Å²) in [6.45, 7) is 6.99. The van der Waals surface area contributed by atoms with Gasteiger partial charge in [-0.15, -0.1) is 0 Å². The topological polar surface area (TPSA) is 40.6 Å². The smallest absolute Gasteiger partial charge is 0.0607 e. The van der Waals surface area contributed by atoms with E-state index in [9.17, 15) is 0 Å². The van der Waals surface area contributed by atoms with Crippen LogP contribution < -0.4 is 5.32 Å². The number of nitrogens with one attached hydrogen (secondary N) is 1. The SMILES string of the molecule is CN(CC[C@H]1Cc2c(cccc2CN2CCOCC2)CN1)[C@H]1CCCc2cccnc21. The molecular formula is C26H36N4O. The number of aryl methyl sites for hydroxylation is 1. The largest absolute Gasteiger partial charge is 0.379 e. The summed E-state index contributed by atoms with van der Waals surface area (Å²) < 4.78 is 5.53. The monoisotopic (exact) mass is 420 g/mol. The molecule has 0 spiro atoms. The van der Waals surface area contributed by atoms with Gasteiger partial charge in [0, 0.05) is 38.4 Å². The van der Waals surface area contributed by atoms with Crippen molar-refractivity contribution in [2.45, 2.75) is 57.3 Å². The van der Waals surface area contributed by atoms with Crippen LogP contribution in [0.5, 0.6) is 0 Å². The molecule has 5 heteroatoms. The van der Waals surface area contributed by atoms with Crippen molar-refractivity contribution in [3.8, 4) is 0 Å². The van der Waals surface area contributed by atoms with Crippen molar-refractivity contribution in [3.05, 3.63) is 64.5 Å². The molecule has 2 aromatic rings. The Morgan fingerprint density at radius 1 is 1.16 bits per heavy atom. The molecular weight excluding hydrogens is 384 g/mol. The van der Waals surface area contributed by atoms with Gasteiger partial charge in [0.15, 0.2) is 0 Å². The van der Waals surface area contributed by atoms with Crippen LogP contribution in [0.15, 0.2) is 36.5 Å². The molecule has 1 aliphatic carbocycles. The van der Waals surface area contributed by atoms with Crippen LogP contribution in [0.25, 0.3) is 0 Å². The van der Waals surface area contributed by atoms with Gasteiger partial charge in [-0.2, -0.15) is 0 Å². The van der Waals surface area contributed by atoms with Gasteiger partial charge in [-0.3, -0.25) is 14.8 Å². The lowest BCUT2D eigenvalue weighted by atomic mass is 9.89. The van der Waals surface area contributed by atoms with Crippen LogP contribution in [0.3, 0.4) is 0 Å². The number of morpholine rings is 1. The van der Waals surface area contributed by atoms with Gasteiger partial charge in [-0.05, 0) is 74.0 Å². The minimum atomic E-state index is 0.470. The zero-order valence-electron chi connectivity index (χ0n) is 18.9. The summed E-state index contributed by atoms with van der Waals surface area (Å²) in [5.41, 5.74) is 7.35. The molecule has 5 rings (SSSR count). The van der Waals surface area contributed by atoms with Crippen LogP contribution in [0, 0.1) is 0 Å². The summed E-state index contributed by atoms with van der Waals surface area (Å²) in [7, 11) is 2.29. The summed E-state index contributed by atoms with van der Waals surface area (Å²) in [5.74, 6) is 0. The third-order valence-corrected chi connectivity index (χ3v) is 7.43. The van der Waals surface area contributed by atoms with Gasteiger partial charge in [0.05, 0.1) is 24.9 Å². The molecule has 3 aliphatic rings. The first-order valence-electron chi connectivity index (χ1n) is 12.0. The van der Waals surface area contributed by atoms with Crippen LogP contribution in [-0.4, -0.2) is 60.7 Å². The molecule has 1 aromatic heterocycles. The summed E-state index contributed by atoms with van der Waals surface area (Å²) in [5, 5.41) is 3.81. The summed E-state index contributed by atoms with van der Waals surface area (Å²) in [6, 6.07) is 12.2. The number of hydrogen-bond acceptors (Lipinski definition) is 5. The molecule has 31 heavy (non-hydrogen) atoms. The van der Waals surface area contributed by atoms with E-state index >= 15 is 0 Å². The number of rotatable bonds is 6. The Kier molecular flexibility index (Phi) is 6.65. The molecule has 0 saturated carbocycles. The zero-order valence-corrected chi connectivity index (χ0v) is 18.9. The standard InChI is InChI=1S/C26H36N4O/c1-29(25-9-3-5-20-8-4-11-27-26(20)25)12-10-23-17-24-21(18-28-23)6-2-7-22(24)19-30-13-15-31-16-14-30/h2,4,6-8,11,23,25,28H,3,5,9-10,12-19H2,1H3/t23-,25-/m0/s1. The number of pyridine rings is 1. The fraction of sp³-hybridized carbons (Fsp3) is 0.577. The van der Waals surface area contributed by atoms with Gasteiger partial charge in [-0.25, -0.2) is 0 Å². The summed E-state index contributed by atoms with van der Waals surface area (Å²) >= 11 is 0. The van der Waals surface area contributed by atoms with Crippen molar-refractivity contribution in [2.75, 3.05) is 39.9 Å². The third-order valence-electron chi connectivity index (χ3n) is 7.43. The van der Waals surface area contributed by atoms with Gasteiger partial charge < -0.3 is 10.1 Å². The highest BCUT2D eigenvalue weighted by atomic mass is 16.5. The van der Waals surface area contributed by atoms with E-state index in [0.717, 1.165) is 52.4 Å². The van der Waals surface area contributed by atoms with Crippen molar-refractivity contribution < 1.29 is 4.74 Å². The van der Waals surface area contributed by atoms with Crippen LogP contribution in [0.2, 0.25) is 0 Å². The summed E-state index contributed by atoms with van der Waals surface area (Å²) in [6.07, 6.45) is 7.96. The molecule has 0 radical (unpaired) electrons. The molecule has 5 nitrogen and oxygen atoms in total. The fourth-order valence-corrected chi connectivity index (χ4v) is 5.57. The highest BCUT2D eigenvalue weighted by Gasteiger charge is 2.26. The minimum absolute atomic E-state index is 0.470. The average Bonchev–Trinajstić information content (AvgIpc) is 2.83. The molecule has 0 unspecified atom stereocenters. The molecule has 2 atom stereocenters. The van der Waals surface area contributed by atoms with Gasteiger partial charge in [-0.1, -0.05) is 24.3 Å². The number of aromatic nitrogens is 1. The zero-order chi connectivity index (χ0) is 21.0. The van der Waals surface area contributed by atoms with E-state index in [1.54, 1.807) is 5.56 Å². The number of hydrogen-bond donors (Lipinski definition) is 1. The highest BCUT2D eigenvalue weighted by Crippen LogP contribution is 2.32. The van der Waals surface area contributed by atoms with E-state index < -0.39 is 0 Å². The van der Waals surface area contributed by atoms with Gasteiger partial charge in [0.1, 0.15) is 0 Å². The third kappa shape index (κ3) is 4.85. The molecule has 1 aromatic carbocycles. The molecule has 1 N–H and O–H groups in total.